The Morgan fingerprint density at radius 2 is 1.88 bits per heavy atom. The van der Waals surface area contributed by atoms with Crippen molar-refractivity contribution in [3.8, 4) is 5.75 Å². The van der Waals surface area contributed by atoms with Crippen molar-refractivity contribution in [2.75, 3.05) is 19.1 Å². The lowest BCUT2D eigenvalue weighted by Crippen LogP contribution is -2.49. The van der Waals surface area contributed by atoms with Crippen LogP contribution in [0.25, 0.3) is 0 Å². The molecule has 170 valence electrons. The highest BCUT2D eigenvalue weighted by atomic mass is 16.5. The lowest BCUT2D eigenvalue weighted by atomic mass is 9.87. The van der Waals surface area contributed by atoms with Crippen molar-refractivity contribution in [3.05, 3.63) is 59.2 Å². The molecule has 2 heterocycles. The van der Waals surface area contributed by atoms with Crippen LogP contribution in [0.2, 0.25) is 0 Å². The van der Waals surface area contributed by atoms with Crippen LogP contribution in [-0.2, 0) is 11.3 Å². The Morgan fingerprint density at radius 1 is 1.09 bits per heavy atom. The van der Waals surface area contributed by atoms with Crippen LogP contribution in [0.3, 0.4) is 0 Å². The monoisotopic (exact) mass is 433 g/mol. The van der Waals surface area contributed by atoms with E-state index in [0.717, 1.165) is 42.7 Å². The molecule has 2 N–H and O–H groups in total. The standard InChI is InChI=1S/C27H35N3O2/c1-4-19-12-14-22(25(29-19)18-8-6-5-7-9-18)28-16-21-23(32-3)15-13-20-24(17-10-11-17)27(31)30(2)26(20)21/h5-9,13,15,17,19,22,24-25,28-29H,4,10-12,14,16H2,1-3H3. The second-order valence-corrected chi connectivity index (χ2v) is 9.62. The van der Waals surface area contributed by atoms with Gasteiger partial charge >= 0.3 is 0 Å². The molecule has 5 rings (SSSR count). The molecule has 5 nitrogen and oxygen atoms in total. The quantitative estimate of drug-likeness (QED) is 0.674. The van der Waals surface area contributed by atoms with Crippen LogP contribution < -0.4 is 20.3 Å². The Bertz CT molecular complexity index is 972. The molecule has 32 heavy (non-hydrogen) atoms. The molecule has 4 atom stereocenters. The highest BCUT2D eigenvalue weighted by molar-refractivity contribution is 6.06. The average Bonchev–Trinajstić information content (AvgIpc) is 3.64. The van der Waals surface area contributed by atoms with Crippen molar-refractivity contribution in [1.82, 2.24) is 10.6 Å². The summed E-state index contributed by atoms with van der Waals surface area (Å²) < 4.78 is 5.76. The van der Waals surface area contributed by atoms with Crippen molar-refractivity contribution in [2.45, 2.75) is 69.6 Å². The molecule has 0 spiro atoms. The molecule has 2 aromatic carbocycles. The number of carbonyl (C=O) groups excluding carboxylic acids is 1. The van der Waals surface area contributed by atoms with E-state index in [2.05, 4.69) is 60.0 Å². The summed E-state index contributed by atoms with van der Waals surface area (Å²) in [6.45, 7) is 2.95. The fourth-order valence-electron chi connectivity index (χ4n) is 5.75. The summed E-state index contributed by atoms with van der Waals surface area (Å²) >= 11 is 0. The van der Waals surface area contributed by atoms with Gasteiger partial charge in [-0.15, -0.1) is 0 Å². The minimum absolute atomic E-state index is 0.0263. The summed E-state index contributed by atoms with van der Waals surface area (Å²) in [4.78, 5) is 14.9. The van der Waals surface area contributed by atoms with Crippen LogP contribution in [0, 0.1) is 5.92 Å². The van der Waals surface area contributed by atoms with E-state index in [1.165, 1.54) is 17.5 Å². The zero-order chi connectivity index (χ0) is 22.2. The van der Waals surface area contributed by atoms with E-state index < -0.39 is 0 Å². The van der Waals surface area contributed by atoms with Crippen molar-refractivity contribution in [1.29, 1.82) is 0 Å². The number of anilines is 1. The normalized spacial score (nSPS) is 27.5. The van der Waals surface area contributed by atoms with E-state index in [0.29, 0.717) is 24.5 Å². The number of ether oxygens (including phenoxy) is 1. The molecule has 0 radical (unpaired) electrons. The fraction of sp³-hybridized carbons (Fsp3) is 0.519. The van der Waals surface area contributed by atoms with Gasteiger partial charge in [0.1, 0.15) is 5.75 Å². The molecule has 2 fully saturated rings. The van der Waals surface area contributed by atoms with Crippen molar-refractivity contribution in [2.24, 2.45) is 5.92 Å². The second kappa shape index (κ2) is 8.87. The first-order valence-corrected chi connectivity index (χ1v) is 12.1. The number of hydrogen-bond acceptors (Lipinski definition) is 4. The zero-order valence-corrected chi connectivity index (χ0v) is 19.4. The minimum Gasteiger partial charge on any atom is -0.496 e. The van der Waals surface area contributed by atoms with E-state index in [1.54, 1.807) is 7.11 Å². The van der Waals surface area contributed by atoms with Crippen LogP contribution in [-0.4, -0.2) is 32.1 Å². The minimum atomic E-state index is 0.0263. The molecule has 1 aliphatic carbocycles. The summed E-state index contributed by atoms with van der Waals surface area (Å²) in [5.41, 5.74) is 4.68. The number of methoxy groups -OCH3 is 1. The molecule has 2 aromatic rings. The van der Waals surface area contributed by atoms with Crippen molar-refractivity contribution >= 4 is 11.6 Å². The Morgan fingerprint density at radius 3 is 2.56 bits per heavy atom. The van der Waals surface area contributed by atoms with E-state index in [9.17, 15) is 4.79 Å². The smallest absolute Gasteiger partial charge is 0.234 e. The van der Waals surface area contributed by atoms with Crippen LogP contribution in [0.5, 0.6) is 5.75 Å². The Labute approximate surface area is 191 Å². The molecule has 1 saturated heterocycles. The van der Waals surface area contributed by atoms with E-state index in [4.69, 9.17) is 4.74 Å². The van der Waals surface area contributed by atoms with Crippen LogP contribution in [0.15, 0.2) is 42.5 Å². The Kier molecular flexibility index (Phi) is 5.95. The number of rotatable bonds is 7. The first-order chi connectivity index (χ1) is 15.6. The van der Waals surface area contributed by atoms with Crippen molar-refractivity contribution < 1.29 is 9.53 Å². The molecule has 5 heteroatoms. The molecule has 0 aromatic heterocycles. The van der Waals surface area contributed by atoms with E-state index in [-0.39, 0.29) is 17.9 Å². The number of carbonyl (C=O) groups is 1. The summed E-state index contributed by atoms with van der Waals surface area (Å²) in [6, 6.07) is 16.1. The lowest BCUT2D eigenvalue weighted by molar-refractivity contribution is -0.119. The predicted octanol–water partition coefficient (Wildman–Crippen LogP) is 4.53. The van der Waals surface area contributed by atoms with Gasteiger partial charge in [0.25, 0.3) is 0 Å². The zero-order valence-electron chi connectivity index (χ0n) is 19.4. The van der Waals surface area contributed by atoms with Gasteiger partial charge in [0, 0.05) is 37.3 Å². The van der Waals surface area contributed by atoms with Gasteiger partial charge in [-0.05, 0) is 55.2 Å². The molecule has 1 amide bonds. The molecule has 1 saturated carbocycles. The first kappa shape index (κ1) is 21.5. The molecule has 0 bridgehead atoms. The lowest BCUT2D eigenvalue weighted by Gasteiger charge is -2.38. The second-order valence-electron chi connectivity index (χ2n) is 9.62. The maximum Gasteiger partial charge on any atom is 0.234 e. The molecular weight excluding hydrogens is 398 g/mol. The summed E-state index contributed by atoms with van der Waals surface area (Å²) in [7, 11) is 3.65. The maximum absolute atomic E-state index is 13.1. The summed E-state index contributed by atoms with van der Waals surface area (Å²) in [5.74, 6) is 1.64. The Hall–Kier alpha value is -2.37. The number of hydrogen-bond donors (Lipinski definition) is 2. The summed E-state index contributed by atoms with van der Waals surface area (Å²) in [6.07, 6.45) is 5.76. The van der Waals surface area contributed by atoms with Gasteiger partial charge < -0.3 is 20.3 Å². The van der Waals surface area contributed by atoms with E-state index >= 15 is 0 Å². The first-order valence-electron chi connectivity index (χ1n) is 12.1. The molecule has 3 aliphatic rings. The van der Waals surface area contributed by atoms with Gasteiger partial charge in [0.15, 0.2) is 0 Å². The van der Waals surface area contributed by atoms with Gasteiger partial charge in [-0.1, -0.05) is 43.3 Å². The van der Waals surface area contributed by atoms with Gasteiger partial charge in [-0.2, -0.15) is 0 Å². The molecule has 4 unspecified atom stereocenters. The third kappa shape index (κ3) is 3.82. The van der Waals surface area contributed by atoms with Crippen molar-refractivity contribution in [3.63, 3.8) is 0 Å². The largest absolute Gasteiger partial charge is 0.496 e. The third-order valence-corrected chi connectivity index (χ3v) is 7.69. The van der Waals surface area contributed by atoms with Gasteiger partial charge in [0.2, 0.25) is 5.91 Å². The molecule has 2 aliphatic heterocycles. The highest BCUT2D eigenvalue weighted by Crippen LogP contribution is 2.52. The average molecular weight is 434 g/mol. The number of benzene rings is 2. The number of fused-ring (bicyclic) bond motifs is 1. The SMILES string of the molecule is CCC1CCC(NCc2c(OC)ccc3c2N(C)C(=O)C3C2CC2)C(c2ccccc2)N1. The topological polar surface area (TPSA) is 53.6 Å². The highest BCUT2D eigenvalue weighted by Gasteiger charge is 2.46. The number of amides is 1. The fourth-order valence-corrected chi connectivity index (χ4v) is 5.75. The molecular formula is C27H35N3O2. The van der Waals surface area contributed by atoms with E-state index in [1.807, 2.05) is 11.9 Å². The number of piperidine rings is 1. The van der Waals surface area contributed by atoms with Gasteiger partial charge in [-0.3, -0.25) is 4.79 Å². The van der Waals surface area contributed by atoms with Gasteiger partial charge in [0.05, 0.1) is 18.7 Å². The van der Waals surface area contributed by atoms with Crippen LogP contribution in [0.1, 0.15) is 67.7 Å². The predicted molar refractivity (Wildman–Crippen MR) is 128 cm³/mol. The number of likely N-dealkylation sites (N-methyl/N-ethyl adjacent to an activating group) is 1. The number of nitrogens with one attached hydrogen (secondary N) is 2. The Balaban J connectivity index is 1.42. The maximum atomic E-state index is 13.1. The summed E-state index contributed by atoms with van der Waals surface area (Å²) in [5, 5.41) is 7.72. The van der Waals surface area contributed by atoms with Gasteiger partial charge in [-0.25, -0.2) is 0 Å². The van der Waals surface area contributed by atoms with Crippen LogP contribution in [0.4, 0.5) is 5.69 Å². The third-order valence-electron chi connectivity index (χ3n) is 7.69. The van der Waals surface area contributed by atoms with Crippen LogP contribution >= 0.6 is 0 Å². The number of nitrogens with zero attached hydrogens (tertiary/aromatic N) is 1.